The second-order valence-corrected chi connectivity index (χ2v) is 11.8. The third-order valence-corrected chi connectivity index (χ3v) is 9.89. The van der Waals surface area contributed by atoms with Crippen molar-refractivity contribution in [2.24, 2.45) is 17.8 Å². The summed E-state index contributed by atoms with van der Waals surface area (Å²) in [6.07, 6.45) is 21.0. The molecule has 0 aromatic heterocycles. The van der Waals surface area contributed by atoms with E-state index in [-0.39, 0.29) is 12.0 Å². The molecule has 0 amide bonds. The quantitative estimate of drug-likeness (QED) is 0.471. The first-order valence-corrected chi connectivity index (χ1v) is 14.2. The van der Waals surface area contributed by atoms with E-state index in [1.54, 1.807) is 11.1 Å². The van der Waals surface area contributed by atoms with E-state index >= 15 is 0 Å². The molecule has 4 aliphatic rings. The second-order valence-electron chi connectivity index (χ2n) is 11.8. The van der Waals surface area contributed by atoms with Gasteiger partial charge in [-0.2, -0.15) is 0 Å². The summed E-state index contributed by atoms with van der Waals surface area (Å²) < 4.78 is 0. The summed E-state index contributed by atoms with van der Waals surface area (Å²) in [4.78, 5) is 0. The van der Waals surface area contributed by atoms with Crippen molar-refractivity contribution in [3.63, 3.8) is 0 Å². The van der Waals surface area contributed by atoms with Gasteiger partial charge in [0.25, 0.3) is 0 Å². The van der Waals surface area contributed by atoms with Crippen LogP contribution < -0.4 is 0 Å². The van der Waals surface area contributed by atoms with Gasteiger partial charge in [-0.25, -0.2) is 0 Å². The Kier molecular flexibility index (Phi) is 6.35. The minimum atomic E-state index is -0.223. The molecule has 3 fully saturated rings. The van der Waals surface area contributed by atoms with E-state index in [4.69, 9.17) is 0 Å². The van der Waals surface area contributed by atoms with Crippen molar-refractivity contribution in [2.45, 2.75) is 108 Å². The molecule has 4 aliphatic carbocycles. The van der Waals surface area contributed by atoms with E-state index in [1.165, 1.54) is 106 Å². The summed E-state index contributed by atoms with van der Waals surface area (Å²) in [6, 6.07) is 14.1. The first kappa shape index (κ1) is 21.9. The van der Waals surface area contributed by atoms with Crippen molar-refractivity contribution in [2.75, 3.05) is 0 Å². The maximum absolute atomic E-state index is 12.1. The molecule has 0 saturated heterocycles. The molecule has 0 spiro atoms. The average Bonchev–Trinajstić information content (AvgIpc) is 2.89. The van der Waals surface area contributed by atoms with Crippen molar-refractivity contribution in [3.05, 3.63) is 59.2 Å². The van der Waals surface area contributed by atoms with Crippen LogP contribution in [0.25, 0.3) is 10.8 Å². The lowest BCUT2D eigenvalue weighted by Crippen LogP contribution is -2.42. The Labute approximate surface area is 200 Å². The number of hydrogen-bond donors (Lipinski definition) is 1. The van der Waals surface area contributed by atoms with Gasteiger partial charge in [0.2, 0.25) is 0 Å². The molecule has 0 bridgehead atoms. The van der Waals surface area contributed by atoms with Crippen LogP contribution in [0.4, 0.5) is 0 Å². The lowest BCUT2D eigenvalue weighted by atomic mass is 9.59. The molecule has 0 aliphatic heterocycles. The zero-order chi connectivity index (χ0) is 22.2. The summed E-state index contributed by atoms with van der Waals surface area (Å²) in [6.45, 7) is 0. The maximum atomic E-state index is 12.1. The zero-order valence-corrected chi connectivity index (χ0v) is 20.4. The first-order chi connectivity index (χ1) is 16.3. The van der Waals surface area contributed by atoms with Crippen LogP contribution >= 0.6 is 0 Å². The third kappa shape index (κ3) is 4.20. The van der Waals surface area contributed by atoms with Crippen LogP contribution in [0.3, 0.4) is 0 Å². The van der Waals surface area contributed by atoms with E-state index in [0.717, 1.165) is 5.92 Å². The molecule has 0 heterocycles. The molecule has 2 aromatic rings. The van der Waals surface area contributed by atoms with Crippen LogP contribution in [0.5, 0.6) is 0 Å². The SMILES string of the molecule is OC1C(c2cc(C3CCCCC3)cc3ccccc23)C2=CCCCC2CC1C1CCCCC1. The smallest absolute Gasteiger partial charge is 0.0677 e. The lowest BCUT2D eigenvalue weighted by molar-refractivity contribution is 0.0103. The fourth-order valence-corrected chi connectivity index (χ4v) is 8.20. The van der Waals surface area contributed by atoms with Gasteiger partial charge in [0.1, 0.15) is 0 Å². The summed E-state index contributed by atoms with van der Waals surface area (Å²) >= 11 is 0. The lowest BCUT2D eigenvalue weighted by Gasteiger charge is -2.47. The minimum absolute atomic E-state index is 0.199. The summed E-state index contributed by atoms with van der Waals surface area (Å²) in [5.74, 6) is 2.80. The fraction of sp³-hybridized carbons (Fsp3) is 0.625. The van der Waals surface area contributed by atoms with Crippen LogP contribution in [0, 0.1) is 17.8 Å². The minimum Gasteiger partial charge on any atom is -0.392 e. The molecule has 3 saturated carbocycles. The molecule has 2 aromatic carbocycles. The average molecular weight is 443 g/mol. The van der Waals surface area contributed by atoms with Crippen LogP contribution in [0.2, 0.25) is 0 Å². The number of aliphatic hydroxyl groups is 1. The van der Waals surface area contributed by atoms with Gasteiger partial charge in [0, 0.05) is 5.92 Å². The van der Waals surface area contributed by atoms with Crippen molar-refractivity contribution in [1.29, 1.82) is 0 Å². The van der Waals surface area contributed by atoms with E-state index in [2.05, 4.69) is 42.5 Å². The molecular weight excluding hydrogens is 400 g/mol. The van der Waals surface area contributed by atoms with Crippen molar-refractivity contribution >= 4 is 10.8 Å². The predicted octanol–water partition coefficient (Wildman–Crippen LogP) is 8.66. The standard InChI is InChI=1S/C32H42O/c33-32-29(23-13-5-2-6-14-23)20-25-16-8-10-18-28(25)31(32)30-21-26(22-11-3-1-4-12-22)19-24-15-7-9-17-27(24)30/h7,9,15,17-19,21-23,25,29,31-33H,1-6,8,10-14,16,20H2. The Morgan fingerprint density at radius 3 is 2.27 bits per heavy atom. The predicted molar refractivity (Wildman–Crippen MR) is 139 cm³/mol. The van der Waals surface area contributed by atoms with Crippen molar-refractivity contribution in [3.8, 4) is 0 Å². The molecule has 176 valence electrons. The monoisotopic (exact) mass is 442 g/mol. The maximum Gasteiger partial charge on any atom is 0.0677 e. The molecule has 1 heteroatoms. The highest BCUT2D eigenvalue weighted by molar-refractivity contribution is 5.87. The molecule has 33 heavy (non-hydrogen) atoms. The first-order valence-electron chi connectivity index (χ1n) is 14.2. The van der Waals surface area contributed by atoms with Gasteiger partial charge in [-0.1, -0.05) is 99.4 Å². The summed E-state index contributed by atoms with van der Waals surface area (Å²) in [5.41, 5.74) is 4.58. The second kappa shape index (κ2) is 9.57. The van der Waals surface area contributed by atoms with Crippen LogP contribution in [-0.4, -0.2) is 11.2 Å². The van der Waals surface area contributed by atoms with Gasteiger partial charge < -0.3 is 5.11 Å². The van der Waals surface area contributed by atoms with Gasteiger partial charge >= 0.3 is 0 Å². The Balaban J connectivity index is 1.46. The summed E-state index contributed by atoms with van der Waals surface area (Å²) in [7, 11) is 0. The van der Waals surface area contributed by atoms with Crippen LogP contribution in [-0.2, 0) is 0 Å². The van der Waals surface area contributed by atoms with Crippen molar-refractivity contribution in [1.82, 2.24) is 0 Å². The molecule has 6 rings (SSSR count). The fourth-order valence-electron chi connectivity index (χ4n) is 8.20. The third-order valence-electron chi connectivity index (χ3n) is 9.89. The normalized spacial score (nSPS) is 31.8. The molecular formula is C32H42O. The van der Waals surface area contributed by atoms with Crippen LogP contribution in [0.15, 0.2) is 48.0 Å². The number of fused-ring (bicyclic) bond motifs is 2. The highest BCUT2D eigenvalue weighted by atomic mass is 16.3. The Hall–Kier alpha value is -1.60. The van der Waals surface area contributed by atoms with Gasteiger partial charge in [-0.3, -0.25) is 0 Å². The zero-order valence-electron chi connectivity index (χ0n) is 20.4. The van der Waals surface area contributed by atoms with E-state index in [1.807, 2.05) is 0 Å². The number of aliphatic hydroxyl groups excluding tert-OH is 1. The number of benzene rings is 2. The Bertz CT molecular complexity index is 991. The molecule has 0 radical (unpaired) electrons. The Morgan fingerprint density at radius 1 is 0.727 bits per heavy atom. The van der Waals surface area contributed by atoms with E-state index in [9.17, 15) is 5.11 Å². The van der Waals surface area contributed by atoms with E-state index in [0.29, 0.717) is 17.8 Å². The van der Waals surface area contributed by atoms with Gasteiger partial charge in [0.05, 0.1) is 6.10 Å². The number of rotatable bonds is 3. The molecule has 4 atom stereocenters. The molecule has 1 N–H and O–H groups in total. The Morgan fingerprint density at radius 2 is 1.45 bits per heavy atom. The molecule has 4 unspecified atom stereocenters. The topological polar surface area (TPSA) is 20.2 Å². The largest absolute Gasteiger partial charge is 0.392 e. The number of hydrogen-bond acceptors (Lipinski definition) is 1. The van der Waals surface area contributed by atoms with Gasteiger partial charge in [0.15, 0.2) is 0 Å². The van der Waals surface area contributed by atoms with Crippen LogP contribution in [0.1, 0.15) is 113 Å². The van der Waals surface area contributed by atoms with Gasteiger partial charge in [-0.15, -0.1) is 0 Å². The number of allylic oxidation sites excluding steroid dienone is 1. The highest BCUT2D eigenvalue weighted by Crippen LogP contribution is 2.53. The van der Waals surface area contributed by atoms with Crippen molar-refractivity contribution < 1.29 is 5.11 Å². The molecule has 1 nitrogen and oxygen atoms in total. The van der Waals surface area contributed by atoms with E-state index < -0.39 is 0 Å². The summed E-state index contributed by atoms with van der Waals surface area (Å²) in [5, 5.41) is 14.9. The highest BCUT2D eigenvalue weighted by Gasteiger charge is 2.45. The van der Waals surface area contributed by atoms with Gasteiger partial charge in [-0.05, 0) is 84.1 Å².